The smallest absolute Gasteiger partial charge is 0.254 e. The summed E-state index contributed by atoms with van der Waals surface area (Å²) in [5.41, 5.74) is 3.63. The number of hydrogen-bond acceptors (Lipinski definition) is 5. The van der Waals surface area contributed by atoms with Gasteiger partial charge in [0.2, 0.25) is 0 Å². The van der Waals surface area contributed by atoms with E-state index in [4.69, 9.17) is 16.3 Å². The van der Waals surface area contributed by atoms with Gasteiger partial charge in [-0.15, -0.1) is 0 Å². The second-order valence-corrected chi connectivity index (χ2v) is 11.8. The maximum absolute atomic E-state index is 15.3. The summed E-state index contributed by atoms with van der Waals surface area (Å²) in [4.78, 5) is 22.1. The van der Waals surface area contributed by atoms with E-state index in [1.165, 1.54) is 19.1 Å². The number of rotatable bonds is 6. The van der Waals surface area contributed by atoms with Crippen LogP contribution in [0.2, 0.25) is 5.02 Å². The summed E-state index contributed by atoms with van der Waals surface area (Å²) in [6, 6.07) is 14.1. The molecule has 1 aliphatic rings. The lowest BCUT2D eigenvalue weighted by atomic mass is 10.00. The standard InChI is InChI=1S/C29H27ClFN3O4S/c1-3-21-22(8-10-26(27(21)31)39(36,37)4-2)29(35)34-13-14-38-25-9-6-18(15-20(25)17-34)19-5-7-23(24(30)16-19)28-32-11-12-33-28/h5-12,15-16H,3-4,13-14,17H2,1-2H3,(H,32,33). The van der Waals surface area contributed by atoms with Crippen molar-refractivity contribution in [3.05, 3.63) is 88.5 Å². The van der Waals surface area contributed by atoms with Gasteiger partial charge in [0.1, 0.15) is 28.9 Å². The van der Waals surface area contributed by atoms with E-state index in [2.05, 4.69) is 9.97 Å². The number of fused-ring (bicyclic) bond motifs is 1. The van der Waals surface area contributed by atoms with Gasteiger partial charge in [0, 0.05) is 41.2 Å². The highest BCUT2D eigenvalue weighted by molar-refractivity contribution is 7.91. The first kappa shape index (κ1) is 26.9. The number of benzene rings is 3. The van der Waals surface area contributed by atoms with Crippen LogP contribution in [0.5, 0.6) is 5.75 Å². The number of H-pyrrole nitrogens is 1. The molecular formula is C29H27ClFN3O4S. The molecule has 4 aromatic rings. The topological polar surface area (TPSA) is 92.4 Å². The molecule has 7 nitrogen and oxygen atoms in total. The van der Waals surface area contributed by atoms with Crippen molar-refractivity contribution in [1.82, 2.24) is 14.9 Å². The molecule has 1 N–H and O–H groups in total. The predicted molar refractivity (Wildman–Crippen MR) is 148 cm³/mol. The average molecular weight is 568 g/mol. The molecule has 0 saturated heterocycles. The quantitative estimate of drug-likeness (QED) is 0.312. The minimum Gasteiger partial charge on any atom is -0.491 e. The van der Waals surface area contributed by atoms with Gasteiger partial charge < -0.3 is 14.6 Å². The second-order valence-electron chi connectivity index (χ2n) is 9.19. The van der Waals surface area contributed by atoms with Crippen LogP contribution in [-0.4, -0.2) is 48.1 Å². The van der Waals surface area contributed by atoms with Gasteiger partial charge in [-0.25, -0.2) is 17.8 Å². The zero-order chi connectivity index (χ0) is 27.7. The van der Waals surface area contributed by atoms with Crippen LogP contribution in [0.4, 0.5) is 4.39 Å². The SMILES string of the molecule is CCc1c(C(=O)N2CCOc3ccc(-c4ccc(-c5ncc[nH]5)c(Cl)c4)cc3C2)ccc(S(=O)(=O)CC)c1F. The van der Waals surface area contributed by atoms with E-state index in [-0.39, 0.29) is 47.3 Å². The normalized spacial score (nSPS) is 13.5. The number of carbonyl (C=O) groups is 1. The number of hydrogen-bond donors (Lipinski definition) is 1. The first-order valence-corrected chi connectivity index (χ1v) is 14.6. The van der Waals surface area contributed by atoms with Crippen LogP contribution in [0.1, 0.15) is 35.3 Å². The number of halogens is 2. The molecular weight excluding hydrogens is 541 g/mol. The lowest BCUT2D eigenvalue weighted by Crippen LogP contribution is -2.33. The fraction of sp³-hybridized carbons (Fsp3) is 0.241. The van der Waals surface area contributed by atoms with Crippen LogP contribution >= 0.6 is 11.6 Å². The minimum absolute atomic E-state index is 0.0972. The zero-order valence-corrected chi connectivity index (χ0v) is 23.1. The third-order valence-corrected chi connectivity index (χ3v) is 8.95. The lowest BCUT2D eigenvalue weighted by molar-refractivity contribution is 0.0731. The van der Waals surface area contributed by atoms with E-state index >= 15 is 4.39 Å². The molecule has 0 fully saturated rings. The molecule has 2 heterocycles. The van der Waals surface area contributed by atoms with Crippen molar-refractivity contribution in [2.45, 2.75) is 31.7 Å². The van der Waals surface area contributed by atoms with Crippen molar-refractivity contribution in [1.29, 1.82) is 0 Å². The number of nitrogens with zero attached hydrogens (tertiary/aromatic N) is 2. The maximum Gasteiger partial charge on any atom is 0.254 e. The van der Waals surface area contributed by atoms with Crippen LogP contribution in [0.25, 0.3) is 22.5 Å². The summed E-state index contributed by atoms with van der Waals surface area (Å²) in [5, 5.41) is 0.549. The summed E-state index contributed by atoms with van der Waals surface area (Å²) < 4.78 is 45.9. The molecule has 10 heteroatoms. The Morgan fingerprint density at radius 3 is 2.59 bits per heavy atom. The van der Waals surface area contributed by atoms with Crippen LogP contribution in [0, 0.1) is 5.82 Å². The van der Waals surface area contributed by atoms with Crippen LogP contribution in [0.3, 0.4) is 0 Å². The summed E-state index contributed by atoms with van der Waals surface area (Å²) in [5.74, 6) is -0.106. The van der Waals surface area contributed by atoms with Crippen molar-refractivity contribution in [3.63, 3.8) is 0 Å². The van der Waals surface area contributed by atoms with Gasteiger partial charge >= 0.3 is 0 Å². The van der Waals surface area contributed by atoms with Crippen molar-refractivity contribution in [3.8, 4) is 28.3 Å². The Bertz CT molecular complexity index is 1660. The first-order chi connectivity index (χ1) is 18.7. The highest BCUT2D eigenvalue weighted by Crippen LogP contribution is 2.34. The van der Waals surface area contributed by atoms with E-state index < -0.39 is 15.7 Å². The molecule has 0 bridgehead atoms. The minimum atomic E-state index is -3.76. The third kappa shape index (κ3) is 5.16. The van der Waals surface area contributed by atoms with Crippen LogP contribution in [0.15, 0.2) is 65.8 Å². The lowest BCUT2D eigenvalue weighted by Gasteiger charge is -2.22. The number of amides is 1. The second kappa shape index (κ2) is 10.8. The Morgan fingerprint density at radius 2 is 1.90 bits per heavy atom. The van der Waals surface area contributed by atoms with Gasteiger partial charge in [-0.05, 0) is 53.9 Å². The van der Waals surface area contributed by atoms with E-state index in [1.807, 2.05) is 36.4 Å². The first-order valence-electron chi connectivity index (χ1n) is 12.6. The summed E-state index contributed by atoms with van der Waals surface area (Å²) in [6.45, 7) is 3.98. The summed E-state index contributed by atoms with van der Waals surface area (Å²) in [7, 11) is -3.76. The van der Waals surface area contributed by atoms with Crippen LogP contribution < -0.4 is 4.74 Å². The van der Waals surface area contributed by atoms with Gasteiger partial charge in [0.15, 0.2) is 9.84 Å². The number of imidazole rings is 1. The Morgan fingerprint density at radius 1 is 1.13 bits per heavy atom. The Labute approximate surface area is 231 Å². The zero-order valence-electron chi connectivity index (χ0n) is 21.5. The highest BCUT2D eigenvalue weighted by atomic mass is 35.5. The fourth-order valence-corrected chi connectivity index (χ4v) is 6.01. The van der Waals surface area contributed by atoms with Crippen LogP contribution in [-0.2, 0) is 22.8 Å². The van der Waals surface area contributed by atoms with Crippen molar-refractivity contribution >= 4 is 27.3 Å². The van der Waals surface area contributed by atoms with E-state index in [1.54, 1.807) is 24.2 Å². The van der Waals surface area contributed by atoms with Crippen molar-refractivity contribution < 1.29 is 22.3 Å². The average Bonchev–Trinajstić information content (AvgIpc) is 3.38. The molecule has 5 rings (SSSR count). The Kier molecular flexibility index (Phi) is 7.46. The molecule has 1 aromatic heterocycles. The summed E-state index contributed by atoms with van der Waals surface area (Å²) in [6.07, 6.45) is 3.58. The number of carbonyl (C=O) groups excluding carboxylic acids is 1. The molecule has 3 aromatic carbocycles. The molecule has 0 saturated carbocycles. The highest BCUT2D eigenvalue weighted by Gasteiger charge is 2.27. The van der Waals surface area contributed by atoms with Gasteiger partial charge in [0.25, 0.3) is 5.91 Å². The van der Waals surface area contributed by atoms with E-state index in [0.717, 1.165) is 22.3 Å². The molecule has 39 heavy (non-hydrogen) atoms. The third-order valence-electron chi connectivity index (χ3n) is 6.89. The number of ether oxygens (including phenoxy) is 1. The maximum atomic E-state index is 15.3. The Hall–Kier alpha value is -3.69. The van der Waals surface area contributed by atoms with Gasteiger partial charge in [-0.1, -0.05) is 37.6 Å². The molecule has 202 valence electrons. The van der Waals surface area contributed by atoms with E-state index in [9.17, 15) is 13.2 Å². The van der Waals surface area contributed by atoms with Crippen molar-refractivity contribution in [2.24, 2.45) is 0 Å². The number of sulfone groups is 1. The molecule has 0 atom stereocenters. The van der Waals surface area contributed by atoms with Gasteiger partial charge in [-0.3, -0.25) is 4.79 Å². The Balaban J connectivity index is 1.45. The molecule has 1 amide bonds. The summed E-state index contributed by atoms with van der Waals surface area (Å²) >= 11 is 6.56. The number of nitrogens with one attached hydrogen (secondary N) is 1. The predicted octanol–water partition coefficient (Wildman–Crippen LogP) is 5.93. The molecule has 0 spiro atoms. The number of aromatic amines is 1. The largest absolute Gasteiger partial charge is 0.491 e. The fourth-order valence-electron chi connectivity index (χ4n) is 4.76. The molecule has 1 aliphatic heterocycles. The van der Waals surface area contributed by atoms with Gasteiger partial charge in [0.05, 0.1) is 17.3 Å². The molecule has 0 radical (unpaired) electrons. The van der Waals surface area contributed by atoms with Crippen molar-refractivity contribution in [2.75, 3.05) is 18.9 Å². The molecule has 0 aliphatic carbocycles. The number of aromatic nitrogens is 2. The van der Waals surface area contributed by atoms with E-state index in [0.29, 0.717) is 23.1 Å². The monoisotopic (exact) mass is 567 g/mol. The molecule has 0 unspecified atom stereocenters. The van der Waals surface area contributed by atoms with Gasteiger partial charge in [-0.2, -0.15) is 0 Å².